The number of carbonyl (C=O) groups excluding carboxylic acids is 1. The van der Waals surface area contributed by atoms with Gasteiger partial charge in [-0.25, -0.2) is 4.68 Å². The van der Waals surface area contributed by atoms with Crippen LogP contribution < -0.4 is 16.4 Å². The highest BCUT2D eigenvalue weighted by molar-refractivity contribution is 5.93. The summed E-state index contributed by atoms with van der Waals surface area (Å²) in [5.74, 6) is 0.0985. The first kappa shape index (κ1) is 22.6. The summed E-state index contributed by atoms with van der Waals surface area (Å²) < 4.78 is 1.84. The van der Waals surface area contributed by atoms with E-state index in [9.17, 15) is 4.79 Å². The first-order valence-electron chi connectivity index (χ1n) is 11.0. The lowest BCUT2D eigenvalue weighted by Crippen LogP contribution is -2.33. The average Bonchev–Trinajstić information content (AvgIpc) is 3.35. The van der Waals surface area contributed by atoms with Crippen LogP contribution >= 0.6 is 0 Å². The second kappa shape index (κ2) is 9.92. The predicted octanol–water partition coefficient (Wildman–Crippen LogP) is 4.56. The Labute approximate surface area is 198 Å². The van der Waals surface area contributed by atoms with Crippen LogP contribution in [0.5, 0.6) is 0 Å². The third-order valence-corrected chi connectivity index (χ3v) is 5.66. The zero-order valence-electron chi connectivity index (χ0n) is 19.0. The molecule has 0 unspecified atom stereocenters. The van der Waals surface area contributed by atoms with Gasteiger partial charge in [0.15, 0.2) is 0 Å². The largest absolute Gasteiger partial charge is 0.399 e. The summed E-state index contributed by atoms with van der Waals surface area (Å²) in [5.41, 5.74) is 18.4. The Hall–Kier alpha value is -4.57. The third-order valence-electron chi connectivity index (χ3n) is 5.66. The van der Waals surface area contributed by atoms with Crippen LogP contribution in [0.3, 0.4) is 0 Å². The molecule has 3 aromatic carbocycles. The molecule has 0 spiro atoms. The van der Waals surface area contributed by atoms with Gasteiger partial charge in [-0.1, -0.05) is 6.07 Å². The number of aromatic nitrogens is 2. The number of nitriles is 1. The average molecular weight is 451 g/mol. The summed E-state index contributed by atoms with van der Waals surface area (Å²) in [6, 6.07) is 24.7. The summed E-state index contributed by atoms with van der Waals surface area (Å²) in [6.07, 6.45) is 3.93. The zero-order valence-corrected chi connectivity index (χ0v) is 19.0. The van der Waals surface area contributed by atoms with Gasteiger partial charge in [0.05, 0.1) is 23.0 Å². The van der Waals surface area contributed by atoms with Crippen molar-refractivity contribution in [2.45, 2.75) is 19.8 Å². The Morgan fingerprint density at radius 1 is 0.971 bits per heavy atom. The number of nitrogens with two attached hydrogens (primary N) is 2. The van der Waals surface area contributed by atoms with Gasteiger partial charge in [-0.05, 0) is 85.1 Å². The Bertz CT molecular complexity index is 1330. The molecule has 0 atom stereocenters. The van der Waals surface area contributed by atoms with Crippen LogP contribution in [0.4, 0.5) is 17.1 Å². The molecule has 4 N–H and O–H groups in total. The van der Waals surface area contributed by atoms with Gasteiger partial charge in [0.1, 0.15) is 0 Å². The van der Waals surface area contributed by atoms with E-state index >= 15 is 0 Å². The van der Waals surface area contributed by atoms with Crippen LogP contribution in [0.15, 0.2) is 79.0 Å². The summed E-state index contributed by atoms with van der Waals surface area (Å²) >= 11 is 0. The molecule has 1 aliphatic rings. The van der Waals surface area contributed by atoms with Gasteiger partial charge in [0, 0.05) is 42.3 Å². The van der Waals surface area contributed by atoms with E-state index in [2.05, 4.69) is 11.2 Å². The van der Waals surface area contributed by atoms with Crippen LogP contribution in [-0.2, 0) is 11.2 Å². The Kier molecular flexibility index (Phi) is 6.60. The molecule has 1 amide bonds. The quantitative estimate of drug-likeness (QED) is 0.435. The van der Waals surface area contributed by atoms with Crippen molar-refractivity contribution in [3.05, 3.63) is 90.1 Å². The summed E-state index contributed by atoms with van der Waals surface area (Å²) in [7, 11) is 0. The summed E-state index contributed by atoms with van der Waals surface area (Å²) in [6.45, 7) is 2.42. The maximum absolute atomic E-state index is 11.8. The first-order valence-corrected chi connectivity index (χ1v) is 11.0. The molecule has 2 heterocycles. The van der Waals surface area contributed by atoms with Crippen molar-refractivity contribution in [2.24, 2.45) is 0 Å². The molecule has 7 heteroatoms. The molecule has 0 fully saturated rings. The molecule has 34 heavy (non-hydrogen) atoms. The van der Waals surface area contributed by atoms with Gasteiger partial charge in [-0.15, -0.1) is 0 Å². The molecule has 0 bridgehead atoms. The number of benzene rings is 3. The molecule has 1 aliphatic heterocycles. The fourth-order valence-corrected chi connectivity index (χ4v) is 3.89. The smallest absolute Gasteiger partial charge is 0.223 e. The van der Waals surface area contributed by atoms with E-state index in [0.29, 0.717) is 11.3 Å². The molecular weight excluding hydrogens is 424 g/mol. The predicted molar refractivity (Wildman–Crippen MR) is 135 cm³/mol. The molecule has 0 saturated heterocycles. The van der Waals surface area contributed by atoms with Crippen LogP contribution in [0.25, 0.3) is 16.9 Å². The van der Waals surface area contributed by atoms with E-state index in [-0.39, 0.29) is 5.91 Å². The SMILES string of the molecule is CC(=O)N1CCCc2cc(-c3ccn(-c4ccc(N)cc4)n3)ccc21.N#Cc1ccc(N)cc1. The fraction of sp³-hybridized carbons (Fsp3) is 0.148. The standard InChI is InChI=1S/C20H20N4O.C7H6N2/c1-14(25)23-11-2-3-16-13-15(4-9-20(16)23)19-10-12-24(22-19)18-7-5-17(21)6-8-18;8-5-6-1-3-7(9)4-2-6/h4-10,12-13H,2-3,11,21H2,1H3;1-4H,9H2. The van der Waals surface area contributed by atoms with Crippen molar-refractivity contribution in [2.75, 3.05) is 22.9 Å². The number of amides is 1. The lowest BCUT2D eigenvalue weighted by atomic mass is 9.98. The Balaban J connectivity index is 0.000000257. The highest BCUT2D eigenvalue weighted by Crippen LogP contribution is 2.31. The molecule has 5 rings (SSSR count). The van der Waals surface area contributed by atoms with Gasteiger partial charge >= 0.3 is 0 Å². The first-order chi connectivity index (χ1) is 16.4. The third kappa shape index (κ3) is 5.08. The Morgan fingerprint density at radius 2 is 1.65 bits per heavy atom. The lowest BCUT2D eigenvalue weighted by molar-refractivity contribution is -0.116. The lowest BCUT2D eigenvalue weighted by Gasteiger charge is -2.28. The van der Waals surface area contributed by atoms with E-state index in [1.165, 1.54) is 5.56 Å². The van der Waals surface area contributed by atoms with Gasteiger partial charge < -0.3 is 16.4 Å². The number of hydrogen-bond acceptors (Lipinski definition) is 5. The van der Waals surface area contributed by atoms with Crippen molar-refractivity contribution in [3.8, 4) is 23.0 Å². The van der Waals surface area contributed by atoms with Gasteiger partial charge in [0.25, 0.3) is 0 Å². The summed E-state index contributed by atoms with van der Waals surface area (Å²) in [5, 5.41) is 13.0. The number of anilines is 3. The van der Waals surface area contributed by atoms with Gasteiger partial charge in [-0.2, -0.15) is 10.4 Å². The summed E-state index contributed by atoms with van der Waals surface area (Å²) in [4.78, 5) is 13.7. The number of aryl methyl sites for hydroxylation is 1. The van der Waals surface area contributed by atoms with E-state index in [1.54, 1.807) is 31.2 Å². The zero-order chi connectivity index (χ0) is 24.1. The normalized spacial score (nSPS) is 12.2. The number of hydrogen-bond donors (Lipinski definition) is 2. The van der Waals surface area contributed by atoms with Crippen LogP contribution in [0.1, 0.15) is 24.5 Å². The monoisotopic (exact) mass is 450 g/mol. The van der Waals surface area contributed by atoms with E-state index in [0.717, 1.165) is 47.7 Å². The minimum Gasteiger partial charge on any atom is -0.399 e. The van der Waals surface area contributed by atoms with Crippen LogP contribution in [0.2, 0.25) is 0 Å². The van der Waals surface area contributed by atoms with Crippen molar-refractivity contribution >= 4 is 23.0 Å². The highest BCUT2D eigenvalue weighted by atomic mass is 16.2. The van der Waals surface area contributed by atoms with Crippen molar-refractivity contribution in [3.63, 3.8) is 0 Å². The van der Waals surface area contributed by atoms with Gasteiger partial charge in [0.2, 0.25) is 5.91 Å². The molecule has 1 aromatic heterocycles. The van der Waals surface area contributed by atoms with Crippen molar-refractivity contribution < 1.29 is 4.79 Å². The van der Waals surface area contributed by atoms with Crippen LogP contribution in [-0.4, -0.2) is 22.2 Å². The number of carbonyl (C=O) groups is 1. The minimum atomic E-state index is 0.0985. The van der Waals surface area contributed by atoms with Crippen molar-refractivity contribution in [1.82, 2.24) is 9.78 Å². The maximum atomic E-state index is 11.8. The maximum Gasteiger partial charge on any atom is 0.223 e. The number of nitrogens with zero attached hydrogens (tertiary/aromatic N) is 4. The molecular formula is C27H26N6O. The van der Waals surface area contributed by atoms with E-state index in [4.69, 9.17) is 16.7 Å². The molecule has 170 valence electrons. The minimum absolute atomic E-state index is 0.0985. The molecule has 0 aliphatic carbocycles. The van der Waals surface area contributed by atoms with Crippen LogP contribution in [0, 0.1) is 11.3 Å². The molecule has 7 nitrogen and oxygen atoms in total. The number of rotatable bonds is 2. The van der Waals surface area contributed by atoms with Crippen molar-refractivity contribution in [1.29, 1.82) is 5.26 Å². The van der Waals surface area contributed by atoms with E-state index in [1.807, 2.05) is 64.3 Å². The molecule has 0 saturated carbocycles. The second-order valence-electron chi connectivity index (χ2n) is 8.09. The second-order valence-corrected chi connectivity index (χ2v) is 8.09. The highest BCUT2D eigenvalue weighted by Gasteiger charge is 2.20. The number of fused-ring (bicyclic) bond motifs is 1. The topological polar surface area (TPSA) is 114 Å². The number of nitrogen functional groups attached to an aromatic ring is 2. The van der Waals surface area contributed by atoms with E-state index < -0.39 is 0 Å². The Morgan fingerprint density at radius 3 is 2.29 bits per heavy atom. The van der Waals surface area contributed by atoms with Gasteiger partial charge in [-0.3, -0.25) is 4.79 Å². The molecule has 4 aromatic rings. The fourth-order valence-electron chi connectivity index (χ4n) is 3.89. The molecule has 0 radical (unpaired) electrons.